The lowest BCUT2D eigenvalue weighted by Crippen LogP contribution is -2.11. The lowest BCUT2D eigenvalue weighted by molar-refractivity contribution is 0.102. The maximum absolute atomic E-state index is 11.8. The summed E-state index contributed by atoms with van der Waals surface area (Å²) < 4.78 is 0. The van der Waals surface area contributed by atoms with Crippen molar-refractivity contribution in [2.75, 3.05) is 6.54 Å². The summed E-state index contributed by atoms with van der Waals surface area (Å²) in [4.78, 5) is 30.6. The number of carbonyl (C=O) groups excluding carboxylic acids is 1. The lowest BCUT2D eigenvalue weighted by Gasteiger charge is -2.06. The number of fused-ring (bicyclic) bond motifs is 2. The molecule has 5 heterocycles. The Morgan fingerprint density at radius 3 is 2.72 bits per heavy atom. The SMILES string of the molecule is CCNCc1cncc(-c2ccc3[nH]nc(-c4nc5c(-c6ccc(C(C)=O)s6)cncc5[nH]4)c3c2)c1. The third kappa shape index (κ3) is 3.98. The van der Waals surface area contributed by atoms with E-state index in [1.807, 2.05) is 30.6 Å². The van der Waals surface area contributed by atoms with Crippen molar-refractivity contribution >= 4 is 39.1 Å². The van der Waals surface area contributed by atoms with E-state index in [1.165, 1.54) is 11.3 Å². The first-order valence-corrected chi connectivity index (χ1v) is 12.5. The second-order valence-corrected chi connectivity index (χ2v) is 9.67. The first-order chi connectivity index (χ1) is 17.6. The van der Waals surface area contributed by atoms with E-state index in [4.69, 9.17) is 4.98 Å². The van der Waals surface area contributed by atoms with Crippen molar-refractivity contribution in [3.63, 3.8) is 0 Å². The van der Waals surface area contributed by atoms with Crippen LogP contribution in [0.2, 0.25) is 0 Å². The monoisotopic (exact) mass is 493 g/mol. The predicted octanol–water partition coefficient (Wildman–Crippen LogP) is 5.60. The van der Waals surface area contributed by atoms with Crippen LogP contribution in [0.5, 0.6) is 0 Å². The quantitative estimate of drug-likeness (QED) is 0.249. The fourth-order valence-corrected chi connectivity index (χ4v) is 5.19. The number of imidazole rings is 1. The van der Waals surface area contributed by atoms with Gasteiger partial charge in [-0.25, -0.2) is 4.98 Å². The summed E-state index contributed by atoms with van der Waals surface area (Å²) in [5.41, 5.74) is 7.41. The first-order valence-electron chi connectivity index (χ1n) is 11.7. The Morgan fingerprint density at radius 2 is 1.89 bits per heavy atom. The molecule has 0 aliphatic heterocycles. The molecule has 0 saturated heterocycles. The van der Waals surface area contributed by atoms with Crippen LogP contribution < -0.4 is 5.32 Å². The molecular formula is C27H23N7OS. The van der Waals surface area contributed by atoms with Gasteiger partial charge in [-0.1, -0.05) is 13.0 Å². The molecule has 0 bridgehead atoms. The molecule has 0 radical (unpaired) electrons. The molecule has 0 atom stereocenters. The van der Waals surface area contributed by atoms with Crippen LogP contribution in [0.1, 0.15) is 29.1 Å². The van der Waals surface area contributed by atoms with Gasteiger partial charge in [-0.15, -0.1) is 11.3 Å². The number of Topliss-reactive ketones (excluding diaryl/α,β-unsaturated/α-hetero) is 1. The highest BCUT2D eigenvalue weighted by atomic mass is 32.1. The van der Waals surface area contributed by atoms with Crippen LogP contribution in [-0.2, 0) is 6.54 Å². The van der Waals surface area contributed by atoms with Gasteiger partial charge in [0.25, 0.3) is 0 Å². The second kappa shape index (κ2) is 9.10. The number of nitrogens with zero attached hydrogens (tertiary/aromatic N) is 4. The van der Waals surface area contributed by atoms with E-state index in [2.05, 4.69) is 55.6 Å². The van der Waals surface area contributed by atoms with Crippen molar-refractivity contribution in [1.29, 1.82) is 0 Å². The lowest BCUT2D eigenvalue weighted by atomic mass is 10.0. The number of carbonyl (C=O) groups is 1. The van der Waals surface area contributed by atoms with E-state index < -0.39 is 0 Å². The van der Waals surface area contributed by atoms with Crippen molar-refractivity contribution in [3.8, 4) is 33.1 Å². The van der Waals surface area contributed by atoms with Gasteiger partial charge in [0.15, 0.2) is 11.6 Å². The van der Waals surface area contributed by atoms with Crippen molar-refractivity contribution in [3.05, 3.63) is 71.6 Å². The fourth-order valence-electron chi connectivity index (χ4n) is 4.28. The van der Waals surface area contributed by atoms with Crippen LogP contribution in [-0.4, -0.2) is 42.5 Å². The third-order valence-corrected chi connectivity index (χ3v) is 7.33. The van der Waals surface area contributed by atoms with E-state index in [-0.39, 0.29) is 5.78 Å². The van der Waals surface area contributed by atoms with Gasteiger partial charge >= 0.3 is 0 Å². The summed E-state index contributed by atoms with van der Waals surface area (Å²) in [7, 11) is 0. The highest BCUT2D eigenvalue weighted by Gasteiger charge is 2.17. The smallest absolute Gasteiger partial charge is 0.169 e. The van der Waals surface area contributed by atoms with Gasteiger partial charge in [0.1, 0.15) is 11.2 Å². The molecule has 6 aromatic rings. The number of hydrogen-bond donors (Lipinski definition) is 3. The highest BCUT2D eigenvalue weighted by Crippen LogP contribution is 2.35. The van der Waals surface area contributed by atoms with Crippen molar-refractivity contribution < 1.29 is 4.79 Å². The van der Waals surface area contributed by atoms with E-state index >= 15 is 0 Å². The largest absolute Gasteiger partial charge is 0.335 e. The number of thiophene rings is 1. The molecular weight excluding hydrogens is 470 g/mol. The Kier molecular flexibility index (Phi) is 5.63. The molecule has 8 nitrogen and oxygen atoms in total. The van der Waals surface area contributed by atoms with Crippen LogP contribution in [0, 0.1) is 0 Å². The molecule has 0 unspecified atom stereocenters. The van der Waals surface area contributed by atoms with Gasteiger partial charge in [-0.05, 0) is 54.9 Å². The molecule has 9 heteroatoms. The number of ketones is 1. The zero-order valence-corrected chi connectivity index (χ0v) is 20.6. The maximum Gasteiger partial charge on any atom is 0.169 e. The molecule has 178 valence electrons. The number of aromatic amines is 2. The minimum atomic E-state index is 0.0512. The molecule has 0 saturated carbocycles. The molecule has 6 rings (SSSR count). The van der Waals surface area contributed by atoms with E-state index in [0.29, 0.717) is 10.7 Å². The van der Waals surface area contributed by atoms with Crippen LogP contribution in [0.15, 0.2) is 61.2 Å². The number of rotatable bonds is 7. The molecule has 1 aromatic carbocycles. The molecule has 5 aromatic heterocycles. The van der Waals surface area contributed by atoms with Gasteiger partial charge < -0.3 is 10.3 Å². The second-order valence-electron chi connectivity index (χ2n) is 8.58. The van der Waals surface area contributed by atoms with Crippen molar-refractivity contribution in [2.45, 2.75) is 20.4 Å². The summed E-state index contributed by atoms with van der Waals surface area (Å²) in [5, 5.41) is 12.0. The van der Waals surface area contributed by atoms with Crippen molar-refractivity contribution in [2.24, 2.45) is 0 Å². The number of hydrogen-bond acceptors (Lipinski definition) is 7. The van der Waals surface area contributed by atoms with Crippen molar-refractivity contribution in [1.82, 2.24) is 35.5 Å². The fraction of sp³-hybridized carbons (Fsp3) is 0.148. The first kappa shape index (κ1) is 22.3. The topological polar surface area (TPSA) is 112 Å². The molecule has 3 N–H and O–H groups in total. The van der Waals surface area contributed by atoms with Crippen LogP contribution in [0.3, 0.4) is 0 Å². The number of aromatic nitrogens is 6. The summed E-state index contributed by atoms with van der Waals surface area (Å²) in [6.07, 6.45) is 7.32. The minimum Gasteiger partial charge on any atom is -0.335 e. The van der Waals surface area contributed by atoms with Crippen LogP contribution >= 0.6 is 11.3 Å². The zero-order chi connectivity index (χ0) is 24.6. The molecule has 0 spiro atoms. The Bertz CT molecular complexity index is 1730. The van der Waals surface area contributed by atoms with E-state index in [0.717, 1.165) is 67.9 Å². The van der Waals surface area contributed by atoms with Gasteiger partial charge in [-0.2, -0.15) is 5.10 Å². The highest BCUT2D eigenvalue weighted by molar-refractivity contribution is 7.17. The summed E-state index contributed by atoms with van der Waals surface area (Å²) >= 11 is 1.45. The molecule has 0 amide bonds. The zero-order valence-electron chi connectivity index (χ0n) is 19.8. The normalized spacial score (nSPS) is 11.5. The molecule has 0 fully saturated rings. The predicted molar refractivity (Wildman–Crippen MR) is 143 cm³/mol. The summed E-state index contributed by atoms with van der Waals surface area (Å²) in [6, 6.07) is 12.2. The van der Waals surface area contributed by atoms with Gasteiger partial charge in [-0.3, -0.25) is 19.9 Å². The third-order valence-electron chi connectivity index (χ3n) is 6.11. The van der Waals surface area contributed by atoms with Gasteiger partial charge in [0.2, 0.25) is 0 Å². The molecule has 0 aliphatic rings. The molecule has 36 heavy (non-hydrogen) atoms. The number of benzene rings is 1. The Labute approximate surface area is 210 Å². The minimum absolute atomic E-state index is 0.0512. The van der Waals surface area contributed by atoms with E-state index in [9.17, 15) is 4.79 Å². The maximum atomic E-state index is 11.8. The summed E-state index contributed by atoms with van der Waals surface area (Å²) in [6.45, 7) is 5.36. The standard InChI is InChI=1S/C27H23N7OS/c1-3-28-10-16-8-18(12-29-11-16)17-4-5-21-19(9-17)26(34-33-21)27-31-22-14-30-13-20(25(22)32-27)24-7-6-23(36-24)15(2)35/h4-9,11-14,28H,3,10H2,1-2H3,(H,31,32)(H,33,34). The Morgan fingerprint density at radius 1 is 1.00 bits per heavy atom. The van der Waals surface area contributed by atoms with Crippen LogP contribution in [0.25, 0.3) is 55.0 Å². The van der Waals surface area contributed by atoms with Gasteiger partial charge in [0, 0.05) is 46.5 Å². The van der Waals surface area contributed by atoms with Crippen LogP contribution in [0.4, 0.5) is 0 Å². The van der Waals surface area contributed by atoms with E-state index in [1.54, 1.807) is 19.3 Å². The summed E-state index contributed by atoms with van der Waals surface area (Å²) in [5.74, 6) is 0.709. The number of H-pyrrole nitrogens is 2. The molecule has 0 aliphatic carbocycles. The number of nitrogens with one attached hydrogen (secondary N) is 3. The Balaban J connectivity index is 1.42. The Hall–Kier alpha value is -4.21. The average Bonchev–Trinajstić information content (AvgIpc) is 3.64. The average molecular weight is 494 g/mol. The van der Waals surface area contributed by atoms with Gasteiger partial charge in [0.05, 0.1) is 22.1 Å². The number of pyridine rings is 2.